The number of aromatic nitrogens is 1. The van der Waals surface area contributed by atoms with Crippen LogP contribution in [-0.4, -0.2) is 13.1 Å². The molecule has 0 bridgehead atoms. The van der Waals surface area contributed by atoms with Crippen molar-refractivity contribution in [2.24, 2.45) is 0 Å². The summed E-state index contributed by atoms with van der Waals surface area (Å²) in [4.78, 5) is 4.05. The van der Waals surface area contributed by atoms with Gasteiger partial charge in [-0.2, -0.15) is 0 Å². The molecule has 0 saturated carbocycles. The highest BCUT2D eigenvalue weighted by Gasteiger charge is 2.06. The number of hydrogen-bond acceptors (Lipinski definition) is 1. The first kappa shape index (κ1) is 9.20. The molecule has 0 aliphatic carbocycles. The Balaban J connectivity index is 2.71. The van der Waals surface area contributed by atoms with Gasteiger partial charge in [0.25, 0.3) is 0 Å². The molecule has 0 saturated heterocycles. The largest absolute Gasteiger partial charge is 0.264 e. The van der Waals surface area contributed by atoms with Crippen LogP contribution in [0.2, 0.25) is 19.6 Å². The van der Waals surface area contributed by atoms with Gasteiger partial charge in [-0.1, -0.05) is 37.5 Å². The fourth-order valence-electron chi connectivity index (χ4n) is 0.821. The van der Waals surface area contributed by atoms with E-state index in [4.69, 9.17) is 0 Å². The topological polar surface area (TPSA) is 12.9 Å². The summed E-state index contributed by atoms with van der Waals surface area (Å²) in [7, 11) is -1.05. The predicted octanol–water partition coefficient (Wildman–Crippen LogP) is 2.97. The maximum absolute atomic E-state index is 4.05. The Morgan fingerprint density at radius 2 is 2.08 bits per heavy atom. The summed E-state index contributed by atoms with van der Waals surface area (Å²) >= 11 is 0. The second-order valence-corrected chi connectivity index (χ2v) is 9.05. The highest BCUT2D eigenvalue weighted by atomic mass is 28.3. The lowest BCUT2D eigenvalue weighted by Crippen LogP contribution is -2.15. The number of pyridine rings is 1. The molecule has 1 nitrogen and oxygen atoms in total. The smallest absolute Gasteiger partial charge is 0.0687 e. The van der Waals surface area contributed by atoms with Crippen molar-refractivity contribution >= 4 is 14.1 Å². The number of nitrogens with zero attached hydrogens (tertiary/aromatic N) is 1. The van der Waals surface area contributed by atoms with E-state index >= 15 is 0 Å². The Hall–Kier alpha value is -0.893. The van der Waals surface area contributed by atoms with Gasteiger partial charge in [-0.3, -0.25) is 4.98 Å². The molecule has 0 fully saturated rings. The molecule has 1 rings (SSSR count). The minimum absolute atomic E-state index is 1.05. The lowest BCUT2D eigenvalue weighted by Gasteiger charge is -2.07. The van der Waals surface area contributed by atoms with Crippen LogP contribution in [0.15, 0.2) is 30.2 Å². The monoisotopic (exact) mass is 177 g/mol. The van der Waals surface area contributed by atoms with Gasteiger partial charge in [-0.15, -0.1) is 0 Å². The molecule has 0 aromatic carbocycles. The summed E-state index contributed by atoms with van der Waals surface area (Å²) in [5.74, 6) is 0. The Labute approximate surface area is 75.2 Å². The van der Waals surface area contributed by atoms with E-state index < -0.39 is 8.07 Å². The molecular formula is C10H15NSi. The standard InChI is InChI=1S/C10H15NSi/c1-12(2,3)8-6-10-5-4-7-11-9-10/h4-9H,1-3H3/b8-6+. The van der Waals surface area contributed by atoms with Crippen molar-refractivity contribution in [2.75, 3.05) is 0 Å². The van der Waals surface area contributed by atoms with Crippen molar-refractivity contribution in [1.82, 2.24) is 4.98 Å². The van der Waals surface area contributed by atoms with Crippen LogP contribution in [0.3, 0.4) is 0 Å². The fourth-order valence-corrected chi connectivity index (χ4v) is 1.51. The normalized spacial score (nSPS) is 12.2. The van der Waals surface area contributed by atoms with Gasteiger partial charge in [0.2, 0.25) is 0 Å². The minimum atomic E-state index is -1.05. The van der Waals surface area contributed by atoms with Crippen LogP contribution >= 0.6 is 0 Å². The molecule has 0 aliphatic heterocycles. The molecule has 2 heteroatoms. The average molecular weight is 177 g/mol. The summed E-state index contributed by atoms with van der Waals surface area (Å²) in [6, 6.07) is 4.04. The summed E-state index contributed by atoms with van der Waals surface area (Å²) in [6.45, 7) is 6.96. The van der Waals surface area contributed by atoms with E-state index in [1.165, 1.54) is 5.56 Å². The van der Waals surface area contributed by atoms with Gasteiger partial charge in [0.05, 0.1) is 8.07 Å². The second kappa shape index (κ2) is 3.67. The van der Waals surface area contributed by atoms with E-state index in [1.54, 1.807) is 6.20 Å². The van der Waals surface area contributed by atoms with Crippen LogP contribution in [0.4, 0.5) is 0 Å². The van der Waals surface area contributed by atoms with Gasteiger partial charge in [0.15, 0.2) is 0 Å². The van der Waals surface area contributed by atoms with Crippen LogP contribution < -0.4 is 0 Å². The van der Waals surface area contributed by atoms with Gasteiger partial charge in [-0.25, -0.2) is 0 Å². The second-order valence-electron chi connectivity index (χ2n) is 3.99. The molecule has 0 unspecified atom stereocenters. The molecule has 12 heavy (non-hydrogen) atoms. The SMILES string of the molecule is C[Si](C)(C)/C=C/c1cccnc1. The zero-order valence-corrected chi connectivity index (χ0v) is 8.91. The molecule has 1 aromatic heterocycles. The van der Waals surface area contributed by atoms with E-state index in [1.807, 2.05) is 12.3 Å². The molecule has 0 amide bonds. The summed E-state index contributed by atoms with van der Waals surface area (Å²) in [5.41, 5.74) is 3.52. The molecule has 0 N–H and O–H groups in total. The van der Waals surface area contributed by atoms with Crippen molar-refractivity contribution in [3.63, 3.8) is 0 Å². The van der Waals surface area contributed by atoms with Gasteiger partial charge in [0, 0.05) is 12.4 Å². The third kappa shape index (κ3) is 3.48. The molecule has 1 aromatic rings. The van der Waals surface area contributed by atoms with Crippen LogP contribution in [0.1, 0.15) is 5.56 Å². The van der Waals surface area contributed by atoms with Gasteiger partial charge < -0.3 is 0 Å². The molecule has 1 heterocycles. The highest BCUT2D eigenvalue weighted by Crippen LogP contribution is 2.06. The van der Waals surface area contributed by atoms with Crippen LogP contribution in [-0.2, 0) is 0 Å². The lowest BCUT2D eigenvalue weighted by molar-refractivity contribution is 1.32. The van der Waals surface area contributed by atoms with Crippen molar-refractivity contribution in [3.8, 4) is 0 Å². The van der Waals surface area contributed by atoms with Crippen molar-refractivity contribution in [3.05, 3.63) is 35.8 Å². The first-order valence-electron chi connectivity index (χ1n) is 4.17. The number of hydrogen-bond donors (Lipinski definition) is 0. The van der Waals surface area contributed by atoms with Crippen LogP contribution in [0.25, 0.3) is 6.08 Å². The minimum Gasteiger partial charge on any atom is -0.264 e. The van der Waals surface area contributed by atoms with E-state index in [2.05, 4.69) is 42.5 Å². The van der Waals surface area contributed by atoms with Crippen molar-refractivity contribution in [1.29, 1.82) is 0 Å². The zero-order chi connectivity index (χ0) is 9.03. The molecule has 0 radical (unpaired) electrons. The van der Waals surface area contributed by atoms with E-state index in [-0.39, 0.29) is 0 Å². The Bertz CT molecular complexity index is 259. The average Bonchev–Trinajstić information content (AvgIpc) is 2.02. The van der Waals surface area contributed by atoms with Gasteiger partial charge in [0.1, 0.15) is 0 Å². The van der Waals surface area contributed by atoms with Crippen LogP contribution in [0.5, 0.6) is 0 Å². The summed E-state index contributed by atoms with van der Waals surface area (Å²) in [5, 5.41) is 0. The third-order valence-electron chi connectivity index (χ3n) is 1.46. The predicted molar refractivity (Wildman–Crippen MR) is 56.6 cm³/mol. The highest BCUT2D eigenvalue weighted by molar-refractivity contribution is 6.81. The summed E-state index contributed by atoms with van der Waals surface area (Å²) < 4.78 is 0. The first-order valence-corrected chi connectivity index (χ1v) is 7.75. The Morgan fingerprint density at radius 1 is 1.33 bits per heavy atom. The molecule has 64 valence electrons. The van der Waals surface area contributed by atoms with E-state index in [0.29, 0.717) is 0 Å². The third-order valence-corrected chi connectivity index (χ3v) is 2.63. The van der Waals surface area contributed by atoms with Crippen LogP contribution in [0, 0.1) is 0 Å². The zero-order valence-electron chi connectivity index (χ0n) is 7.91. The van der Waals surface area contributed by atoms with Gasteiger partial charge in [-0.05, 0) is 11.6 Å². The molecular weight excluding hydrogens is 162 g/mol. The van der Waals surface area contributed by atoms with E-state index in [0.717, 1.165) is 0 Å². The molecule has 0 atom stereocenters. The first-order chi connectivity index (χ1) is 5.58. The Morgan fingerprint density at radius 3 is 2.58 bits per heavy atom. The number of rotatable bonds is 2. The Kier molecular flexibility index (Phi) is 2.81. The quantitative estimate of drug-likeness (QED) is 0.633. The fraction of sp³-hybridized carbons (Fsp3) is 0.300. The van der Waals surface area contributed by atoms with E-state index in [9.17, 15) is 0 Å². The molecule has 0 aliphatic rings. The van der Waals surface area contributed by atoms with Gasteiger partial charge >= 0.3 is 0 Å². The van der Waals surface area contributed by atoms with Crippen molar-refractivity contribution < 1.29 is 0 Å². The lowest BCUT2D eigenvalue weighted by atomic mass is 10.3. The maximum atomic E-state index is 4.05. The molecule has 0 spiro atoms. The summed E-state index contributed by atoms with van der Waals surface area (Å²) in [6.07, 6.45) is 5.85. The van der Waals surface area contributed by atoms with Crippen molar-refractivity contribution in [2.45, 2.75) is 19.6 Å². The maximum Gasteiger partial charge on any atom is 0.0687 e.